The Labute approximate surface area is 166 Å². The van der Waals surface area contributed by atoms with Crippen LogP contribution in [0.1, 0.15) is 90.3 Å². The molecule has 0 radical (unpaired) electrons. The van der Waals surface area contributed by atoms with E-state index in [1.165, 1.54) is 66.8 Å². The van der Waals surface area contributed by atoms with E-state index in [2.05, 4.69) is 83.1 Å². The summed E-state index contributed by atoms with van der Waals surface area (Å²) < 4.78 is 0. The molecule has 0 atom stereocenters. The molecule has 3 rings (SSSR count). The molecule has 1 aliphatic rings. The quantitative estimate of drug-likeness (QED) is 0.484. The normalized spacial score (nSPS) is 14.2. The summed E-state index contributed by atoms with van der Waals surface area (Å²) in [5.41, 5.74) is 20.7. The van der Waals surface area contributed by atoms with Crippen molar-refractivity contribution in [2.45, 2.75) is 88.5 Å². The minimum Gasteiger partial charge on any atom is -0.0729 e. The van der Waals surface area contributed by atoms with Gasteiger partial charge in [0.05, 0.1) is 0 Å². The van der Waals surface area contributed by atoms with Gasteiger partial charge < -0.3 is 0 Å². The van der Waals surface area contributed by atoms with Gasteiger partial charge in [0.15, 0.2) is 0 Å². The third kappa shape index (κ3) is 2.42. The van der Waals surface area contributed by atoms with Gasteiger partial charge >= 0.3 is 0 Å². The predicted octanol–water partition coefficient (Wildman–Crippen LogP) is 7.97. The number of rotatable bonds is 1. The maximum atomic E-state index is 2.43. The predicted molar refractivity (Wildman–Crippen MR) is 121 cm³/mol. The molecule has 2 aromatic rings. The zero-order valence-electron chi connectivity index (χ0n) is 19.5. The molecule has 0 saturated heterocycles. The van der Waals surface area contributed by atoms with Gasteiger partial charge in [0.25, 0.3) is 0 Å². The molecule has 27 heavy (non-hydrogen) atoms. The van der Waals surface area contributed by atoms with Crippen molar-refractivity contribution >= 4 is 5.57 Å². The number of fused-ring (bicyclic) bond motifs is 3. The minimum atomic E-state index is 0.0389. The first-order chi connectivity index (χ1) is 12.4. The summed E-state index contributed by atoms with van der Waals surface area (Å²) in [6, 6.07) is 0. The second kappa shape index (κ2) is 6.09. The molecule has 0 unspecified atom stereocenters. The zero-order valence-corrected chi connectivity index (χ0v) is 19.5. The van der Waals surface area contributed by atoms with Gasteiger partial charge in [-0.25, -0.2) is 0 Å². The van der Waals surface area contributed by atoms with E-state index in [1.807, 2.05) is 0 Å². The summed E-state index contributed by atoms with van der Waals surface area (Å²) in [6.45, 7) is 27.9. The number of hydrogen-bond donors (Lipinski definition) is 0. The lowest BCUT2D eigenvalue weighted by Gasteiger charge is -2.28. The van der Waals surface area contributed by atoms with Gasteiger partial charge in [-0.05, 0) is 142 Å². The molecule has 0 bridgehead atoms. The summed E-state index contributed by atoms with van der Waals surface area (Å²) in [5, 5.41) is 0. The van der Waals surface area contributed by atoms with Gasteiger partial charge in [0.1, 0.15) is 0 Å². The van der Waals surface area contributed by atoms with Gasteiger partial charge in [-0.15, -0.1) is 0 Å². The van der Waals surface area contributed by atoms with Crippen LogP contribution >= 0.6 is 0 Å². The Morgan fingerprint density at radius 3 is 1.41 bits per heavy atom. The van der Waals surface area contributed by atoms with Crippen molar-refractivity contribution < 1.29 is 0 Å². The molecule has 0 saturated carbocycles. The Bertz CT molecular complexity index is 1020. The van der Waals surface area contributed by atoms with Crippen LogP contribution in [0.4, 0.5) is 0 Å². The van der Waals surface area contributed by atoms with Crippen molar-refractivity contribution in [1.82, 2.24) is 0 Å². The van der Waals surface area contributed by atoms with Gasteiger partial charge in [0, 0.05) is 5.41 Å². The smallest absolute Gasteiger partial charge is 0.0164 e. The monoisotopic (exact) mass is 360 g/mol. The highest BCUT2D eigenvalue weighted by molar-refractivity contribution is 5.92. The Hall–Kier alpha value is -1.82. The largest absolute Gasteiger partial charge is 0.0729 e. The molecule has 144 valence electrons. The van der Waals surface area contributed by atoms with E-state index >= 15 is 0 Å². The highest BCUT2D eigenvalue weighted by Gasteiger charge is 2.42. The van der Waals surface area contributed by atoms with Crippen LogP contribution in [-0.4, -0.2) is 0 Å². The third-order valence-corrected chi connectivity index (χ3v) is 7.62. The van der Waals surface area contributed by atoms with Crippen molar-refractivity contribution in [3.8, 4) is 11.1 Å². The maximum Gasteiger partial charge on any atom is 0.0164 e. The molecule has 0 nitrogen and oxygen atoms in total. The van der Waals surface area contributed by atoms with Crippen LogP contribution in [0.3, 0.4) is 0 Å². The number of hydrogen-bond acceptors (Lipinski definition) is 0. The lowest BCUT2D eigenvalue weighted by atomic mass is 9.75. The van der Waals surface area contributed by atoms with Crippen LogP contribution in [-0.2, 0) is 5.41 Å². The average molecular weight is 361 g/mol. The van der Waals surface area contributed by atoms with E-state index in [-0.39, 0.29) is 5.41 Å². The van der Waals surface area contributed by atoms with E-state index in [4.69, 9.17) is 0 Å². The summed E-state index contributed by atoms with van der Waals surface area (Å²) >= 11 is 0. The Morgan fingerprint density at radius 1 is 0.519 bits per heavy atom. The first-order valence-corrected chi connectivity index (χ1v) is 10.2. The van der Waals surface area contributed by atoms with Crippen molar-refractivity contribution in [1.29, 1.82) is 0 Å². The molecule has 0 fully saturated rings. The fourth-order valence-corrected chi connectivity index (χ4v) is 5.59. The van der Waals surface area contributed by atoms with E-state index in [9.17, 15) is 0 Å². The molecule has 0 N–H and O–H groups in total. The lowest BCUT2D eigenvalue weighted by molar-refractivity contribution is 0.648. The summed E-state index contributed by atoms with van der Waals surface area (Å²) in [4.78, 5) is 0. The summed E-state index contributed by atoms with van der Waals surface area (Å²) in [5.74, 6) is 0. The van der Waals surface area contributed by atoms with Crippen molar-refractivity contribution in [2.75, 3.05) is 0 Å². The van der Waals surface area contributed by atoms with Crippen LogP contribution in [0, 0.1) is 48.5 Å². The van der Waals surface area contributed by atoms with Crippen LogP contribution < -0.4 is 0 Å². The summed E-state index contributed by atoms with van der Waals surface area (Å²) in [6.07, 6.45) is 0. The maximum absolute atomic E-state index is 2.43. The van der Waals surface area contributed by atoms with Crippen LogP contribution in [0.25, 0.3) is 16.7 Å². The fraction of sp³-hybridized carbons (Fsp3) is 0.481. The standard InChI is InChI=1S/C27H36/c1-13(2)14(3)22-18(7)19(8)24-23-17(6)15(4)16(5)20(9)25(23)27(11,12)26(24)21(22)10/h1-12H3. The second-order valence-corrected chi connectivity index (χ2v) is 9.50. The van der Waals surface area contributed by atoms with Crippen molar-refractivity contribution in [2.24, 2.45) is 0 Å². The Morgan fingerprint density at radius 2 is 0.926 bits per heavy atom. The molecule has 1 aliphatic carbocycles. The Kier molecular flexibility index (Phi) is 4.50. The Balaban J connectivity index is 2.60. The van der Waals surface area contributed by atoms with Gasteiger partial charge in [-0.2, -0.15) is 0 Å². The molecule has 2 aromatic carbocycles. The van der Waals surface area contributed by atoms with Crippen molar-refractivity contribution in [3.05, 3.63) is 61.2 Å². The molecule has 0 amide bonds. The van der Waals surface area contributed by atoms with Crippen LogP contribution in [0.5, 0.6) is 0 Å². The molecule has 0 aliphatic heterocycles. The molecule has 0 heteroatoms. The molecule has 0 spiro atoms. The average Bonchev–Trinajstić information content (AvgIpc) is 2.83. The first-order valence-electron chi connectivity index (χ1n) is 10.2. The number of allylic oxidation sites excluding steroid dienone is 2. The van der Waals surface area contributed by atoms with E-state index in [0.717, 1.165) is 0 Å². The first kappa shape index (κ1) is 19.9. The highest BCUT2D eigenvalue weighted by atomic mass is 14.4. The van der Waals surface area contributed by atoms with Crippen LogP contribution in [0.15, 0.2) is 5.57 Å². The van der Waals surface area contributed by atoms with E-state index in [1.54, 1.807) is 11.1 Å². The SMILES string of the molecule is CC(C)=C(C)c1c(C)c(C)c2c(c1C)C(C)(C)c1c(C)c(C)c(C)c(C)c1-2. The third-order valence-electron chi connectivity index (χ3n) is 7.62. The zero-order chi connectivity index (χ0) is 20.6. The molecular formula is C27H36. The van der Waals surface area contributed by atoms with E-state index in [0.29, 0.717) is 0 Å². The topological polar surface area (TPSA) is 0 Å². The molecule has 0 aromatic heterocycles. The second-order valence-electron chi connectivity index (χ2n) is 9.50. The van der Waals surface area contributed by atoms with Crippen LogP contribution in [0.2, 0.25) is 0 Å². The van der Waals surface area contributed by atoms with Crippen molar-refractivity contribution in [3.63, 3.8) is 0 Å². The van der Waals surface area contributed by atoms with Gasteiger partial charge in [0.2, 0.25) is 0 Å². The lowest BCUT2D eigenvalue weighted by Crippen LogP contribution is -2.20. The van der Waals surface area contributed by atoms with Gasteiger partial charge in [-0.1, -0.05) is 19.4 Å². The molecule has 0 heterocycles. The number of benzene rings is 2. The molecular weight excluding hydrogens is 324 g/mol. The fourth-order valence-electron chi connectivity index (χ4n) is 5.59. The summed E-state index contributed by atoms with van der Waals surface area (Å²) in [7, 11) is 0. The van der Waals surface area contributed by atoms with Gasteiger partial charge in [-0.3, -0.25) is 0 Å². The van der Waals surface area contributed by atoms with E-state index < -0.39 is 0 Å². The minimum absolute atomic E-state index is 0.0389. The highest BCUT2D eigenvalue weighted by Crippen LogP contribution is 2.56.